The van der Waals surface area contributed by atoms with E-state index in [-0.39, 0.29) is 11.8 Å². The molecule has 1 aliphatic rings. The summed E-state index contributed by atoms with van der Waals surface area (Å²) in [6, 6.07) is 15.5. The van der Waals surface area contributed by atoms with Crippen LogP contribution in [0.1, 0.15) is 30.4 Å². The number of anilines is 1. The van der Waals surface area contributed by atoms with Gasteiger partial charge in [0.15, 0.2) is 0 Å². The Morgan fingerprint density at radius 1 is 1.04 bits per heavy atom. The van der Waals surface area contributed by atoms with Gasteiger partial charge in [-0.25, -0.2) is 0 Å². The van der Waals surface area contributed by atoms with Crippen LogP contribution in [-0.2, 0) is 16.0 Å². The average molecular weight is 371 g/mol. The van der Waals surface area contributed by atoms with Crippen LogP contribution < -0.4 is 10.6 Å². The molecule has 136 valence electrons. The SMILES string of the molecule is Cc1c(Cl)cccc1NC(=O)C1(C(=O)NCCCc2ccccc2)CC1. The van der Waals surface area contributed by atoms with E-state index in [0.29, 0.717) is 30.1 Å². The van der Waals surface area contributed by atoms with E-state index in [2.05, 4.69) is 22.8 Å². The van der Waals surface area contributed by atoms with Crippen molar-refractivity contribution in [2.45, 2.75) is 32.6 Å². The van der Waals surface area contributed by atoms with E-state index in [4.69, 9.17) is 11.6 Å². The van der Waals surface area contributed by atoms with Gasteiger partial charge >= 0.3 is 0 Å². The van der Waals surface area contributed by atoms with Crippen molar-refractivity contribution in [3.63, 3.8) is 0 Å². The van der Waals surface area contributed by atoms with Gasteiger partial charge in [-0.05, 0) is 55.9 Å². The molecule has 1 saturated carbocycles. The maximum atomic E-state index is 12.6. The van der Waals surface area contributed by atoms with Gasteiger partial charge in [0.2, 0.25) is 11.8 Å². The summed E-state index contributed by atoms with van der Waals surface area (Å²) in [6.07, 6.45) is 2.93. The van der Waals surface area contributed by atoms with Crippen LogP contribution >= 0.6 is 11.6 Å². The van der Waals surface area contributed by atoms with Gasteiger partial charge in [-0.1, -0.05) is 48.0 Å². The molecule has 2 aromatic rings. The Bertz CT molecular complexity index is 801. The van der Waals surface area contributed by atoms with Crippen molar-refractivity contribution in [3.8, 4) is 0 Å². The second-order valence-electron chi connectivity index (χ2n) is 6.79. The van der Waals surface area contributed by atoms with E-state index in [1.165, 1.54) is 5.56 Å². The van der Waals surface area contributed by atoms with Gasteiger partial charge in [-0.2, -0.15) is 0 Å². The van der Waals surface area contributed by atoms with Crippen LogP contribution in [0.2, 0.25) is 5.02 Å². The summed E-state index contributed by atoms with van der Waals surface area (Å²) in [5, 5.41) is 6.38. The van der Waals surface area contributed by atoms with Crippen LogP contribution in [-0.4, -0.2) is 18.4 Å². The lowest BCUT2D eigenvalue weighted by molar-refractivity contribution is -0.134. The number of rotatable bonds is 7. The van der Waals surface area contributed by atoms with Crippen molar-refractivity contribution >= 4 is 29.1 Å². The first-order chi connectivity index (χ1) is 12.5. The number of carbonyl (C=O) groups excluding carboxylic acids is 2. The molecule has 1 aliphatic carbocycles. The summed E-state index contributed by atoms with van der Waals surface area (Å²) in [4.78, 5) is 25.2. The third-order valence-corrected chi connectivity index (χ3v) is 5.32. The summed E-state index contributed by atoms with van der Waals surface area (Å²) in [5.74, 6) is -0.425. The van der Waals surface area contributed by atoms with Gasteiger partial charge in [-0.3, -0.25) is 9.59 Å². The summed E-state index contributed by atoms with van der Waals surface area (Å²) in [6.45, 7) is 2.42. The molecular formula is C21H23ClN2O2. The number of benzene rings is 2. The lowest BCUT2D eigenvalue weighted by Gasteiger charge is -2.17. The molecule has 0 saturated heterocycles. The topological polar surface area (TPSA) is 58.2 Å². The number of halogens is 1. The van der Waals surface area contributed by atoms with Crippen molar-refractivity contribution in [3.05, 3.63) is 64.7 Å². The summed E-state index contributed by atoms with van der Waals surface area (Å²) in [7, 11) is 0. The molecule has 1 fully saturated rings. The van der Waals surface area contributed by atoms with Crippen molar-refractivity contribution < 1.29 is 9.59 Å². The minimum Gasteiger partial charge on any atom is -0.355 e. The fraction of sp³-hybridized carbons (Fsp3) is 0.333. The van der Waals surface area contributed by atoms with Crippen LogP contribution in [0.3, 0.4) is 0 Å². The zero-order chi connectivity index (χ0) is 18.6. The molecule has 0 unspecified atom stereocenters. The molecular weight excluding hydrogens is 348 g/mol. The Hall–Kier alpha value is -2.33. The minimum atomic E-state index is -0.929. The van der Waals surface area contributed by atoms with Crippen LogP contribution in [0.5, 0.6) is 0 Å². The van der Waals surface area contributed by atoms with Crippen LogP contribution in [0, 0.1) is 12.3 Å². The number of amides is 2. The fourth-order valence-electron chi connectivity index (χ4n) is 2.98. The van der Waals surface area contributed by atoms with Crippen molar-refractivity contribution in [2.75, 3.05) is 11.9 Å². The van der Waals surface area contributed by atoms with Crippen LogP contribution in [0.15, 0.2) is 48.5 Å². The molecule has 3 rings (SSSR count). The van der Waals surface area contributed by atoms with Crippen molar-refractivity contribution in [1.82, 2.24) is 5.32 Å². The second-order valence-corrected chi connectivity index (χ2v) is 7.20. The predicted molar refractivity (Wildman–Crippen MR) is 104 cm³/mol. The first kappa shape index (κ1) is 18.5. The monoisotopic (exact) mass is 370 g/mol. The van der Waals surface area contributed by atoms with Gasteiger partial charge in [0, 0.05) is 17.3 Å². The largest absolute Gasteiger partial charge is 0.355 e. The standard InChI is InChI=1S/C21H23ClN2O2/c1-15-17(22)10-5-11-18(15)24-20(26)21(12-13-21)19(25)23-14-6-9-16-7-3-2-4-8-16/h2-5,7-8,10-11H,6,9,12-14H2,1H3,(H,23,25)(H,24,26). The highest BCUT2D eigenvalue weighted by Gasteiger charge is 2.56. The molecule has 0 spiro atoms. The van der Waals surface area contributed by atoms with Gasteiger partial charge in [0.1, 0.15) is 5.41 Å². The van der Waals surface area contributed by atoms with Gasteiger partial charge in [0.05, 0.1) is 0 Å². The lowest BCUT2D eigenvalue weighted by atomic mass is 10.0. The van der Waals surface area contributed by atoms with Gasteiger partial charge in [-0.15, -0.1) is 0 Å². The Morgan fingerprint density at radius 2 is 1.77 bits per heavy atom. The molecule has 2 amide bonds. The third-order valence-electron chi connectivity index (χ3n) is 4.91. The van der Waals surface area contributed by atoms with Crippen LogP contribution in [0.25, 0.3) is 0 Å². The highest BCUT2D eigenvalue weighted by atomic mass is 35.5. The van der Waals surface area contributed by atoms with Gasteiger partial charge < -0.3 is 10.6 Å². The second kappa shape index (κ2) is 7.92. The summed E-state index contributed by atoms with van der Waals surface area (Å²) < 4.78 is 0. The Balaban J connectivity index is 1.52. The molecule has 0 aromatic heterocycles. The average Bonchev–Trinajstić information content (AvgIpc) is 3.45. The van der Waals surface area contributed by atoms with Gasteiger partial charge in [0.25, 0.3) is 0 Å². The maximum Gasteiger partial charge on any atom is 0.240 e. The van der Waals surface area contributed by atoms with Crippen molar-refractivity contribution in [2.24, 2.45) is 5.41 Å². The summed E-state index contributed by atoms with van der Waals surface area (Å²) in [5.41, 5.74) is 1.78. The molecule has 0 bridgehead atoms. The molecule has 5 heteroatoms. The molecule has 4 nitrogen and oxygen atoms in total. The zero-order valence-corrected chi connectivity index (χ0v) is 15.6. The zero-order valence-electron chi connectivity index (χ0n) is 14.8. The molecule has 0 heterocycles. The first-order valence-corrected chi connectivity index (χ1v) is 9.29. The first-order valence-electron chi connectivity index (χ1n) is 8.92. The Kier molecular flexibility index (Phi) is 5.62. The smallest absolute Gasteiger partial charge is 0.240 e. The quantitative estimate of drug-likeness (QED) is 0.569. The molecule has 2 aromatic carbocycles. The molecule has 0 aliphatic heterocycles. The van der Waals surface area contributed by atoms with Crippen LogP contribution in [0.4, 0.5) is 5.69 Å². The van der Waals surface area contributed by atoms with E-state index < -0.39 is 5.41 Å². The molecule has 26 heavy (non-hydrogen) atoms. The lowest BCUT2D eigenvalue weighted by Crippen LogP contribution is -2.40. The fourth-order valence-corrected chi connectivity index (χ4v) is 3.15. The maximum absolute atomic E-state index is 12.6. The van der Waals surface area contributed by atoms with E-state index in [1.807, 2.05) is 25.1 Å². The number of aryl methyl sites for hydroxylation is 1. The normalized spacial score (nSPS) is 14.5. The highest BCUT2D eigenvalue weighted by Crippen LogP contribution is 2.47. The number of hydrogen-bond acceptors (Lipinski definition) is 2. The van der Waals surface area contributed by atoms with E-state index in [1.54, 1.807) is 18.2 Å². The van der Waals surface area contributed by atoms with Crippen molar-refractivity contribution in [1.29, 1.82) is 0 Å². The molecule has 0 atom stereocenters. The van der Waals surface area contributed by atoms with E-state index in [0.717, 1.165) is 18.4 Å². The number of carbonyl (C=O) groups is 2. The predicted octanol–water partition coefficient (Wildman–Crippen LogP) is 4.12. The summed E-state index contributed by atoms with van der Waals surface area (Å²) >= 11 is 6.09. The number of nitrogens with one attached hydrogen (secondary N) is 2. The van der Waals surface area contributed by atoms with E-state index in [9.17, 15) is 9.59 Å². The molecule has 2 N–H and O–H groups in total. The van der Waals surface area contributed by atoms with E-state index >= 15 is 0 Å². The molecule has 0 radical (unpaired) electrons. The Labute approximate surface area is 158 Å². The third kappa shape index (κ3) is 4.07. The Morgan fingerprint density at radius 3 is 2.46 bits per heavy atom. The highest BCUT2D eigenvalue weighted by molar-refractivity contribution is 6.31. The minimum absolute atomic E-state index is 0.178. The number of hydrogen-bond donors (Lipinski definition) is 2.